The van der Waals surface area contributed by atoms with Crippen LogP contribution in [0.25, 0.3) is 0 Å². The van der Waals surface area contributed by atoms with Gasteiger partial charge >= 0.3 is 0 Å². The highest BCUT2D eigenvalue weighted by atomic mass is 79.9. The first kappa shape index (κ1) is 13.6. The second kappa shape index (κ2) is 5.02. The van der Waals surface area contributed by atoms with Crippen LogP contribution >= 0.6 is 15.9 Å². The minimum Gasteiger partial charge on any atom is -0.343 e. The Labute approximate surface area is 117 Å². The number of likely N-dealkylation sites (N-methyl/N-ethyl adjacent to an activating group) is 1. The average molecular weight is 311 g/mol. The number of hydrogen-bond donors (Lipinski definition) is 1. The van der Waals surface area contributed by atoms with Gasteiger partial charge in [0.2, 0.25) is 5.91 Å². The second-order valence-electron chi connectivity index (χ2n) is 5.13. The lowest BCUT2D eigenvalue weighted by molar-refractivity contribution is -0.140. The number of halogens is 1. The molecule has 2 unspecified atom stereocenters. The van der Waals surface area contributed by atoms with Crippen molar-refractivity contribution in [1.29, 1.82) is 0 Å². The summed E-state index contributed by atoms with van der Waals surface area (Å²) in [5.41, 5.74) is 0.665. The van der Waals surface area contributed by atoms with Gasteiger partial charge in [0.25, 0.3) is 0 Å². The van der Waals surface area contributed by atoms with E-state index in [0.29, 0.717) is 0 Å². The summed E-state index contributed by atoms with van der Waals surface area (Å²) in [7, 11) is 1.87. The number of piperazine rings is 1. The summed E-state index contributed by atoms with van der Waals surface area (Å²) in [6.07, 6.45) is 0. The van der Waals surface area contributed by atoms with Gasteiger partial charge in [-0.2, -0.15) is 0 Å². The van der Waals surface area contributed by atoms with E-state index in [1.54, 1.807) is 0 Å². The van der Waals surface area contributed by atoms with E-state index in [1.165, 1.54) is 5.56 Å². The van der Waals surface area contributed by atoms with Gasteiger partial charge in [0.15, 0.2) is 0 Å². The van der Waals surface area contributed by atoms with Crippen molar-refractivity contribution in [3.05, 3.63) is 34.3 Å². The van der Waals surface area contributed by atoms with Gasteiger partial charge in [-0.05, 0) is 24.6 Å². The molecule has 1 N–H and O–H groups in total. The molecule has 1 aromatic carbocycles. The van der Waals surface area contributed by atoms with Crippen molar-refractivity contribution in [3.8, 4) is 0 Å². The first-order valence-corrected chi connectivity index (χ1v) is 7.00. The molecule has 1 amide bonds. The fourth-order valence-corrected chi connectivity index (χ4v) is 2.74. The molecule has 2 atom stereocenters. The van der Waals surface area contributed by atoms with Crippen molar-refractivity contribution in [2.24, 2.45) is 0 Å². The topological polar surface area (TPSA) is 32.3 Å². The van der Waals surface area contributed by atoms with Crippen LogP contribution in [0.4, 0.5) is 0 Å². The lowest BCUT2D eigenvalue weighted by atomic mass is 9.79. The molecule has 0 aromatic heterocycles. The molecule has 0 bridgehead atoms. The standard InChI is InChI=1S/C14H19BrN2O/c1-10(11-4-6-12(15)7-5-11)14(2)13(18)17(3)9-8-16-14/h4-7,10,16H,8-9H2,1-3H3. The molecule has 3 nitrogen and oxygen atoms in total. The zero-order valence-corrected chi connectivity index (χ0v) is 12.6. The molecule has 0 saturated carbocycles. The molecule has 98 valence electrons. The molecule has 4 heteroatoms. The lowest BCUT2D eigenvalue weighted by Gasteiger charge is -2.42. The van der Waals surface area contributed by atoms with Crippen molar-refractivity contribution in [1.82, 2.24) is 10.2 Å². The van der Waals surface area contributed by atoms with E-state index in [4.69, 9.17) is 0 Å². The Morgan fingerprint density at radius 1 is 1.39 bits per heavy atom. The molecule has 0 radical (unpaired) electrons. The zero-order chi connectivity index (χ0) is 13.3. The first-order valence-electron chi connectivity index (χ1n) is 6.21. The third-order valence-corrected chi connectivity index (χ3v) is 4.50. The van der Waals surface area contributed by atoms with Crippen molar-refractivity contribution in [2.75, 3.05) is 20.1 Å². The maximum atomic E-state index is 12.4. The monoisotopic (exact) mass is 310 g/mol. The fourth-order valence-electron chi connectivity index (χ4n) is 2.48. The summed E-state index contributed by atoms with van der Waals surface area (Å²) in [4.78, 5) is 14.2. The predicted molar refractivity (Wildman–Crippen MR) is 76.6 cm³/mol. The summed E-state index contributed by atoms with van der Waals surface area (Å²) in [5, 5.41) is 3.39. The smallest absolute Gasteiger partial charge is 0.242 e. The Morgan fingerprint density at radius 2 is 2.00 bits per heavy atom. The first-order chi connectivity index (χ1) is 8.45. The van der Waals surface area contributed by atoms with Crippen LogP contribution in [0, 0.1) is 0 Å². The lowest BCUT2D eigenvalue weighted by Crippen LogP contribution is -2.64. The number of hydrogen-bond acceptors (Lipinski definition) is 2. The van der Waals surface area contributed by atoms with Crippen LogP contribution in [0.1, 0.15) is 25.3 Å². The van der Waals surface area contributed by atoms with Crippen LogP contribution < -0.4 is 5.32 Å². The SMILES string of the molecule is CC(c1ccc(Br)cc1)C1(C)NCCN(C)C1=O. The van der Waals surface area contributed by atoms with Crippen molar-refractivity contribution < 1.29 is 4.79 Å². The van der Waals surface area contributed by atoms with Crippen molar-refractivity contribution >= 4 is 21.8 Å². The normalized spacial score (nSPS) is 26.2. The van der Waals surface area contributed by atoms with Crippen LogP contribution in [0.5, 0.6) is 0 Å². The van der Waals surface area contributed by atoms with Gasteiger partial charge in [0, 0.05) is 30.5 Å². The number of nitrogens with zero attached hydrogens (tertiary/aromatic N) is 1. The van der Waals surface area contributed by atoms with Gasteiger partial charge in [-0.3, -0.25) is 4.79 Å². The van der Waals surface area contributed by atoms with Gasteiger partial charge in [0.1, 0.15) is 5.54 Å². The second-order valence-corrected chi connectivity index (χ2v) is 6.04. The number of carbonyl (C=O) groups is 1. The summed E-state index contributed by atoms with van der Waals surface area (Å²) in [6.45, 7) is 5.73. The molecule has 0 spiro atoms. The molecule has 1 saturated heterocycles. The average Bonchev–Trinajstić information content (AvgIpc) is 2.36. The highest BCUT2D eigenvalue weighted by molar-refractivity contribution is 9.10. The molecule has 0 aliphatic carbocycles. The van der Waals surface area contributed by atoms with E-state index >= 15 is 0 Å². The van der Waals surface area contributed by atoms with E-state index in [9.17, 15) is 4.79 Å². The molecule has 18 heavy (non-hydrogen) atoms. The molecular weight excluding hydrogens is 292 g/mol. The number of amides is 1. The summed E-state index contributed by atoms with van der Waals surface area (Å²) in [6, 6.07) is 8.19. The maximum absolute atomic E-state index is 12.4. The highest BCUT2D eigenvalue weighted by Crippen LogP contribution is 2.31. The van der Waals surface area contributed by atoms with E-state index in [1.807, 2.05) is 31.0 Å². The fraction of sp³-hybridized carbons (Fsp3) is 0.500. The number of rotatable bonds is 2. The van der Waals surface area contributed by atoms with Gasteiger partial charge < -0.3 is 10.2 Å². The Morgan fingerprint density at radius 3 is 2.61 bits per heavy atom. The predicted octanol–water partition coefficient (Wildman–Crippen LogP) is 2.37. The van der Waals surface area contributed by atoms with Crippen LogP contribution in [-0.4, -0.2) is 36.5 Å². The zero-order valence-electron chi connectivity index (χ0n) is 11.0. The van der Waals surface area contributed by atoms with Gasteiger partial charge in [0.05, 0.1) is 0 Å². The van der Waals surface area contributed by atoms with Crippen molar-refractivity contribution in [2.45, 2.75) is 25.3 Å². The quantitative estimate of drug-likeness (QED) is 0.909. The number of benzene rings is 1. The summed E-state index contributed by atoms with van der Waals surface area (Å²) >= 11 is 3.43. The van der Waals surface area contributed by atoms with Gasteiger partial charge in [-0.15, -0.1) is 0 Å². The minimum absolute atomic E-state index is 0.140. The Bertz CT molecular complexity index is 446. The van der Waals surface area contributed by atoms with E-state index in [0.717, 1.165) is 17.6 Å². The minimum atomic E-state index is -0.513. The summed E-state index contributed by atoms with van der Waals surface area (Å²) < 4.78 is 1.06. The summed E-state index contributed by atoms with van der Waals surface area (Å²) in [5.74, 6) is 0.310. The Hall–Kier alpha value is -0.870. The van der Waals surface area contributed by atoms with Gasteiger partial charge in [-0.1, -0.05) is 35.0 Å². The molecule has 2 rings (SSSR count). The van der Waals surface area contributed by atoms with Crippen LogP contribution in [0.2, 0.25) is 0 Å². The molecule has 1 aromatic rings. The third kappa shape index (κ3) is 2.31. The maximum Gasteiger partial charge on any atom is 0.242 e. The van der Waals surface area contributed by atoms with E-state index < -0.39 is 5.54 Å². The van der Waals surface area contributed by atoms with E-state index in [2.05, 4.69) is 40.3 Å². The molecule has 1 aliphatic rings. The number of nitrogens with one attached hydrogen (secondary N) is 1. The van der Waals surface area contributed by atoms with Crippen LogP contribution in [0.15, 0.2) is 28.7 Å². The van der Waals surface area contributed by atoms with Gasteiger partial charge in [-0.25, -0.2) is 0 Å². The Kier molecular flexibility index (Phi) is 3.78. The number of carbonyl (C=O) groups excluding carboxylic acids is 1. The molecule has 1 fully saturated rings. The largest absolute Gasteiger partial charge is 0.343 e. The third-order valence-electron chi connectivity index (χ3n) is 3.97. The van der Waals surface area contributed by atoms with Crippen LogP contribution in [0.3, 0.4) is 0 Å². The Balaban J connectivity index is 2.28. The van der Waals surface area contributed by atoms with E-state index in [-0.39, 0.29) is 11.8 Å². The highest BCUT2D eigenvalue weighted by Gasteiger charge is 2.43. The molecule has 1 heterocycles. The van der Waals surface area contributed by atoms with Crippen LogP contribution in [-0.2, 0) is 4.79 Å². The molecule has 1 aliphatic heterocycles. The van der Waals surface area contributed by atoms with Crippen molar-refractivity contribution in [3.63, 3.8) is 0 Å². The molecular formula is C14H19BrN2O.